The summed E-state index contributed by atoms with van der Waals surface area (Å²) in [4.78, 5) is 0. The number of nitriles is 1. The molecular weight excluding hydrogens is 238 g/mol. The summed E-state index contributed by atoms with van der Waals surface area (Å²) in [6.07, 6.45) is 8.79. The lowest BCUT2D eigenvalue weighted by atomic mass is 9.61. The fraction of sp³-hybridized carbons (Fsp3) is 0.938. The highest BCUT2D eigenvalue weighted by Crippen LogP contribution is 2.49. The normalized spacial score (nSPS) is 39.9. The number of hydrogen-bond donors (Lipinski definition) is 1. The minimum absolute atomic E-state index is 0.0458. The van der Waals surface area contributed by atoms with Crippen LogP contribution in [0.5, 0.6) is 0 Å². The lowest BCUT2D eigenvalue weighted by Gasteiger charge is -2.49. The lowest BCUT2D eigenvalue weighted by molar-refractivity contribution is -0.177. The van der Waals surface area contributed by atoms with E-state index in [-0.39, 0.29) is 12.2 Å². The molecule has 0 radical (unpaired) electrons. The summed E-state index contributed by atoms with van der Waals surface area (Å²) in [6.45, 7) is 4.02. The molecule has 0 aromatic rings. The molecule has 2 rings (SSSR count). The van der Waals surface area contributed by atoms with E-state index in [2.05, 4.69) is 6.07 Å². The van der Waals surface area contributed by atoms with Crippen molar-refractivity contribution in [2.45, 2.75) is 89.4 Å². The monoisotopic (exact) mass is 265 g/mol. The molecule has 108 valence electrons. The average molecular weight is 265 g/mol. The van der Waals surface area contributed by atoms with Gasteiger partial charge in [0, 0.05) is 12.8 Å². The van der Waals surface area contributed by atoms with Gasteiger partial charge >= 0.3 is 0 Å². The summed E-state index contributed by atoms with van der Waals surface area (Å²) in [5.41, 5.74) is -1.42. The highest BCUT2D eigenvalue weighted by Gasteiger charge is 2.53. The fourth-order valence-corrected chi connectivity index (χ4v) is 4.11. The summed E-state index contributed by atoms with van der Waals surface area (Å²) in [7, 11) is 0. The van der Waals surface area contributed by atoms with E-state index in [1.54, 1.807) is 0 Å². The van der Waals surface area contributed by atoms with Crippen LogP contribution in [0, 0.1) is 16.7 Å². The molecule has 1 aliphatic heterocycles. The van der Waals surface area contributed by atoms with Gasteiger partial charge in [-0.3, -0.25) is 0 Å². The van der Waals surface area contributed by atoms with Crippen LogP contribution >= 0.6 is 0 Å². The predicted octanol–water partition coefficient (Wildman–Crippen LogP) is 3.56. The maximum atomic E-state index is 11.2. The van der Waals surface area contributed by atoms with E-state index in [4.69, 9.17) is 4.74 Å². The third-order valence-corrected chi connectivity index (χ3v) is 5.03. The molecule has 0 bridgehead atoms. The number of aliphatic hydroxyl groups is 1. The van der Waals surface area contributed by atoms with E-state index in [9.17, 15) is 10.4 Å². The Morgan fingerprint density at radius 1 is 1.00 bits per heavy atom. The second kappa shape index (κ2) is 5.81. The second-order valence-electron chi connectivity index (χ2n) is 6.66. The van der Waals surface area contributed by atoms with Gasteiger partial charge in [0.25, 0.3) is 0 Å². The van der Waals surface area contributed by atoms with Crippen LogP contribution in [0.1, 0.15) is 71.6 Å². The molecule has 1 N–H and O–H groups in total. The quantitative estimate of drug-likeness (QED) is 0.788. The summed E-state index contributed by atoms with van der Waals surface area (Å²) >= 11 is 0. The first-order valence-corrected chi connectivity index (χ1v) is 7.80. The van der Waals surface area contributed by atoms with Crippen LogP contribution in [0.15, 0.2) is 0 Å². The van der Waals surface area contributed by atoms with Crippen LogP contribution in [0.2, 0.25) is 0 Å². The number of hydrogen-bond acceptors (Lipinski definition) is 3. The van der Waals surface area contributed by atoms with Crippen molar-refractivity contribution in [3.05, 3.63) is 0 Å². The largest absolute Gasteiger partial charge is 0.388 e. The molecule has 3 nitrogen and oxygen atoms in total. The minimum Gasteiger partial charge on any atom is -0.388 e. The molecule has 1 heterocycles. The molecule has 0 spiro atoms. The highest BCUT2D eigenvalue weighted by atomic mass is 16.5. The van der Waals surface area contributed by atoms with Gasteiger partial charge in [0.2, 0.25) is 0 Å². The van der Waals surface area contributed by atoms with Crippen LogP contribution in [0.4, 0.5) is 0 Å². The van der Waals surface area contributed by atoms with Crippen LogP contribution < -0.4 is 0 Å². The van der Waals surface area contributed by atoms with Gasteiger partial charge in [-0.25, -0.2) is 0 Å². The highest BCUT2D eigenvalue weighted by molar-refractivity contribution is 5.13. The Morgan fingerprint density at radius 2 is 1.47 bits per heavy atom. The van der Waals surface area contributed by atoms with Gasteiger partial charge in [-0.05, 0) is 26.7 Å². The van der Waals surface area contributed by atoms with Gasteiger partial charge in [0.05, 0.1) is 29.3 Å². The lowest BCUT2D eigenvalue weighted by Crippen LogP contribution is -2.55. The summed E-state index contributed by atoms with van der Waals surface area (Å²) in [5.74, 6) is 0. The first-order valence-electron chi connectivity index (χ1n) is 7.80. The van der Waals surface area contributed by atoms with Crippen molar-refractivity contribution in [2.24, 2.45) is 5.41 Å². The SMILES string of the molecule is CC1CC(O)(C2(C#N)CCCCCCC2)CC(C)O1. The Bertz CT molecular complexity index is 329. The number of ether oxygens (including phenoxy) is 1. The Hall–Kier alpha value is -0.590. The maximum absolute atomic E-state index is 11.2. The third kappa shape index (κ3) is 2.95. The van der Waals surface area contributed by atoms with E-state index in [0.717, 1.165) is 25.7 Å². The molecule has 0 aromatic carbocycles. The fourth-order valence-electron chi connectivity index (χ4n) is 4.11. The molecule has 2 fully saturated rings. The van der Waals surface area contributed by atoms with Crippen LogP contribution in [-0.4, -0.2) is 22.9 Å². The van der Waals surface area contributed by atoms with Gasteiger partial charge < -0.3 is 9.84 Å². The molecule has 2 unspecified atom stereocenters. The first kappa shape index (κ1) is 14.8. The second-order valence-corrected chi connectivity index (χ2v) is 6.66. The van der Waals surface area contributed by atoms with E-state index in [1.165, 1.54) is 19.3 Å². The van der Waals surface area contributed by atoms with Crippen molar-refractivity contribution in [3.8, 4) is 6.07 Å². The molecule has 1 aliphatic carbocycles. The number of rotatable bonds is 1. The standard InChI is InChI=1S/C16H27NO2/c1-13-10-16(18,11-14(2)19-13)15(12-17)8-6-4-3-5-7-9-15/h13-14,18H,3-11H2,1-2H3. The van der Waals surface area contributed by atoms with Gasteiger partial charge in [0.1, 0.15) is 0 Å². The first-order chi connectivity index (χ1) is 9.01. The summed E-state index contributed by atoms with van der Waals surface area (Å²) in [5, 5.41) is 21.0. The van der Waals surface area contributed by atoms with Crippen molar-refractivity contribution >= 4 is 0 Å². The predicted molar refractivity (Wildman–Crippen MR) is 74.6 cm³/mol. The molecule has 2 aliphatic rings. The maximum Gasteiger partial charge on any atom is 0.0882 e. The molecule has 1 saturated heterocycles. The minimum atomic E-state index is -0.865. The average Bonchev–Trinajstić information content (AvgIpc) is 2.26. The van der Waals surface area contributed by atoms with Crippen molar-refractivity contribution in [2.75, 3.05) is 0 Å². The van der Waals surface area contributed by atoms with E-state index in [0.29, 0.717) is 12.8 Å². The van der Waals surface area contributed by atoms with Crippen LogP contribution in [0.25, 0.3) is 0 Å². The Balaban J connectivity index is 2.24. The molecule has 3 heteroatoms. The Morgan fingerprint density at radius 3 is 1.95 bits per heavy atom. The Kier molecular flexibility index (Phi) is 4.53. The van der Waals surface area contributed by atoms with Crippen molar-refractivity contribution in [3.63, 3.8) is 0 Å². The van der Waals surface area contributed by atoms with E-state index < -0.39 is 11.0 Å². The summed E-state index contributed by atoms with van der Waals surface area (Å²) < 4.78 is 5.75. The smallest absolute Gasteiger partial charge is 0.0882 e. The molecule has 1 saturated carbocycles. The van der Waals surface area contributed by atoms with Crippen LogP contribution in [0.3, 0.4) is 0 Å². The molecule has 0 aromatic heterocycles. The van der Waals surface area contributed by atoms with Crippen LogP contribution in [-0.2, 0) is 4.74 Å². The van der Waals surface area contributed by atoms with E-state index >= 15 is 0 Å². The van der Waals surface area contributed by atoms with Gasteiger partial charge in [-0.2, -0.15) is 5.26 Å². The molecular formula is C16H27NO2. The van der Waals surface area contributed by atoms with E-state index in [1.807, 2.05) is 13.8 Å². The van der Waals surface area contributed by atoms with Crippen molar-refractivity contribution in [1.29, 1.82) is 5.26 Å². The van der Waals surface area contributed by atoms with Gasteiger partial charge in [-0.1, -0.05) is 32.1 Å². The van der Waals surface area contributed by atoms with Crippen molar-refractivity contribution < 1.29 is 9.84 Å². The zero-order valence-corrected chi connectivity index (χ0v) is 12.3. The molecule has 0 amide bonds. The third-order valence-electron chi connectivity index (χ3n) is 5.03. The van der Waals surface area contributed by atoms with Gasteiger partial charge in [0.15, 0.2) is 0 Å². The zero-order valence-electron chi connectivity index (χ0n) is 12.3. The Labute approximate surface area is 117 Å². The van der Waals surface area contributed by atoms with Gasteiger partial charge in [-0.15, -0.1) is 0 Å². The topological polar surface area (TPSA) is 53.2 Å². The molecule has 2 atom stereocenters. The summed E-state index contributed by atoms with van der Waals surface area (Å²) in [6, 6.07) is 2.53. The molecule has 19 heavy (non-hydrogen) atoms. The zero-order chi connectivity index (χ0) is 13.9. The number of nitrogens with zero attached hydrogens (tertiary/aromatic N) is 1. The van der Waals surface area contributed by atoms with Crippen molar-refractivity contribution in [1.82, 2.24) is 0 Å².